The Kier molecular flexibility index (Phi) is 3.41. The third-order valence-electron chi connectivity index (χ3n) is 3.73. The predicted octanol–water partition coefficient (Wildman–Crippen LogP) is 2.16. The van der Waals surface area contributed by atoms with Crippen LogP contribution < -0.4 is 10.1 Å². The number of H-pyrrole nitrogens is 1. The van der Waals surface area contributed by atoms with Gasteiger partial charge < -0.3 is 15.0 Å². The van der Waals surface area contributed by atoms with Crippen LogP contribution in [0.5, 0.6) is 5.75 Å². The summed E-state index contributed by atoms with van der Waals surface area (Å²) >= 11 is 0. The number of methoxy groups -OCH3 is 1. The number of para-hydroxylation sites is 2. The Balaban J connectivity index is 1.71. The lowest BCUT2D eigenvalue weighted by Gasteiger charge is -2.21. The maximum atomic E-state index is 12.4. The number of amides is 1. The van der Waals surface area contributed by atoms with Crippen LogP contribution in [0.15, 0.2) is 30.6 Å². The van der Waals surface area contributed by atoms with Crippen LogP contribution in [0, 0.1) is 5.92 Å². The first kappa shape index (κ1) is 12.7. The van der Waals surface area contributed by atoms with Crippen molar-refractivity contribution in [3.05, 3.63) is 42.0 Å². The molecular formula is C15H17N3O2. The summed E-state index contributed by atoms with van der Waals surface area (Å²) < 4.78 is 5.25. The van der Waals surface area contributed by atoms with Crippen molar-refractivity contribution in [2.24, 2.45) is 5.92 Å². The standard InChI is InChI=1S/C15H17N3O2/c1-20-14-5-3-2-4-12(14)18-15(19)10-6-7-11-13(8-10)17-9-16-11/h2-5,9-10H,6-8H2,1H3,(H,16,17)(H,18,19). The quantitative estimate of drug-likeness (QED) is 0.899. The number of nitrogens with zero attached hydrogens (tertiary/aromatic N) is 1. The van der Waals surface area contributed by atoms with Crippen molar-refractivity contribution in [1.82, 2.24) is 9.97 Å². The fourth-order valence-electron chi connectivity index (χ4n) is 2.60. The second-order valence-electron chi connectivity index (χ2n) is 4.96. The lowest BCUT2D eigenvalue weighted by Crippen LogP contribution is -2.28. The van der Waals surface area contributed by atoms with Gasteiger partial charge in [0.15, 0.2) is 0 Å². The van der Waals surface area contributed by atoms with Crippen molar-refractivity contribution >= 4 is 11.6 Å². The Hall–Kier alpha value is -2.30. The zero-order chi connectivity index (χ0) is 13.9. The molecule has 0 aliphatic heterocycles. The molecule has 1 atom stereocenters. The van der Waals surface area contributed by atoms with Crippen molar-refractivity contribution in [3.8, 4) is 5.75 Å². The van der Waals surface area contributed by atoms with Crippen molar-refractivity contribution in [2.75, 3.05) is 12.4 Å². The molecule has 5 nitrogen and oxygen atoms in total. The lowest BCUT2D eigenvalue weighted by atomic mass is 9.89. The van der Waals surface area contributed by atoms with Gasteiger partial charge in [0, 0.05) is 18.0 Å². The van der Waals surface area contributed by atoms with Gasteiger partial charge in [-0.25, -0.2) is 4.98 Å². The van der Waals surface area contributed by atoms with Crippen molar-refractivity contribution in [1.29, 1.82) is 0 Å². The van der Waals surface area contributed by atoms with Gasteiger partial charge in [0.2, 0.25) is 5.91 Å². The van der Waals surface area contributed by atoms with E-state index in [0.717, 1.165) is 24.2 Å². The highest BCUT2D eigenvalue weighted by molar-refractivity contribution is 5.94. The Morgan fingerprint density at radius 3 is 3.15 bits per heavy atom. The van der Waals surface area contributed by atoms with E-state index < -0.39 is 0 Å². The van der Waals surface area contributed by atoms with Gasteiger partial charge in [-0.05, 0) is 25.0 Å². The minimum Gasteiger partial charge on any atom is -0.495 e. The van der Waals surface area contributed by atoms with E-state index in [1.807, 2.05) is 24.3 Å². The van der Waals surface area contributed by atoms with Gasteiger partial charge in [0.1, 0.15) is 5.75 Å². The van der Waals surface area contributed by atoms with Gasteiger partial charge in [-0.15, -0.1) is 0 Å². The average molecular weight is 271 g/mol. The molecule has 0 radical (unpaired) electrons. The van der Waals surface area contributed by atoms with E-state index in [1.165, 1.54) is 0 Å². The highest BCUT2D eigenvalue weighted by atomic mass is 16.5. The van der Waals surface area contributed by atoms with Gasteiger partial charge >= 0.3 is 0 Å². The number of hydrogen-bond donors (Lipinski definition) is 2. The first-order chi connectivity index (χ1) is 9.78. The smallest absolute Gasteiger partial charge is 0.227 e. The van der Waals surface area contributed by atoms with Gasteiger partial charge in [-0.1, -0.05) is 12.1 Å². The second kappa shape index (κ2) is 5.36. The molecule has 1 aliphatic rings. The molecule has 3 rings (SSSR count). The molecular weight excluding hydrogens is 254 g/mol. The summed E-state index contributed by atoms with van der Waals surface area (Å²) in [7, 11) is 1.60. The number of rotatable bonds is 3. The monoisotopic (exact) mass is 271 g/mol. The van der Waals surface area contributed by atoms with Crippen LogP contribution in [-0.2, 0) is 17.6 Å². The van der Waals surface area contributed by atoms with Crippen LogP contribution >= 0.6 is 0 Å². The number of fused-ring (bicyclic) bond motifs is 1. The number of hydrogen-bond acceptors (Lipinski definition) is 3. The zero-order valence-corrected chi connectivity index (χ0v) is 11.3. The third kappa shape index (κ3) is 2.39. The van der Waals surface area contributed by atoms with Crippen molar-refractivity contribution in [3.63, 3.8) is 0 Å². The van der Waals surface area contributed by atoms with Gasteiger partial charge in [-0.2, -0.15) is 0 Å². The predicted molar refractivity (Wildman–Crippen MR) is 75.7 cm³/mol. The maximum absolute atomic E-state index is 12.4. The van der Waals surface area contributed by atoms with Crippen LogP contribution in [0.3, 0.4) is 0 Å². The number of anilines is 1. The number of imidazole rings is 1. The molecule has 1 aromatic heterocycles. The molecule has 20 heavy (non-hydrogen) atoms. The molecule has 2 N–H and O–H groups in total. The van der Waals surface area contributed by atoms with Crippen LogP contribution in [0.25, 0.3) is 0 Å². The molecule has 1 aliphatic carbocycles. The number of aryl methyl sites for hydroxylation is 1. The van der Waals surface area contributed by atoms with Gasteiger partial charge in [0.05, 0.1) is 24.8 Å². The van der Waals surface area contributed by atoms with Crippen LogP contribution in [0.1, 0.15) is 17.8 Å². The molecule has 0 spiro atoms. The number of carbonyl (C=O) groups excluding carboxylic acids is 1. The molecule has 0 fully saturated rings. The number of aromatic amines is 1. The normalized spacial score (nSPS) is 17.4. The number of carbonyl (C=O) groups is 1. The SMILES string of the molecule is COc1ccccc1NC(=O)C1CCc2[nH]cnc2C1. The number of nitrogens with one attached hydrogen (secondary N) is 2. The highest BCUT2D eigenvalue weighted by Crippen LogP contribution is 2.27. The molecule has 104 valence electrons. The van der Waals surface area contributed by atoms with Gasteiger partial charge in [0.25, 0.3) is 0 Å². The first-order valence-corrected chi connectivity index (χ1v) is 6.73. The summed E-state index contributed by atoms with van der Waals surface area (Å²) in [4.78, 5) is 19.8. The molecule has 1 aromatic carbocycles. The zero-order valence-electron chi connectivity index (χ0n) is 11.3. The minimum absolute atomic E-state index is 0.0307. The Morgan fingerprint density at radius 2 is 2.30 bits per heavy atom. The fraction of sp³-hybridized carbons (Fsp3) is 0.333. The van der Waals surface area contributed by atoms with E-state index >= 15 is 0 Å². The van der Waals surface area contributed by atoms with Crippen molar-refractivity contribution < 1.29 is 9.53 Å². The molecule has 5 heteroatoms. The van der Waals surface area contributed by atoms with E-state index in [4.69, 9.17) is 4.74 Å². The molecule has 0 bridgehead atoms. The Labute approximate surface area is 117 Å². The Bertz CT molecular complexity index is 621. The fourth-order valence-corrected chi connectivity index (χ4v) is 2.60. The van der Waals surface area contributed by atoms with Crippen LogP contribution in [0.2, 0.25) is 0 Å². The number of aromatic nitrogens is 2. The van der Waals surface area contributed by atoms with E-state index in [-0.39, 0.29) is 11.8 Å². The number of ether oxygens (including phenoxy) is 1. The Morgan fingerprint density at radius 1 is 1.45 bits per heavy atom. The second-order valence-corrected chi connectivity index (χ2v) is 4.96. The van der Waals surface area contributed by atoms with E-state index in [2.05, 4.69) is 15.3 Å². The summed E-state index contributed by atoms with van der Waals surface area (Å²) in [6.07, 6.45) is 4.11. The third-order valence-corrected chi connectivity index (χ3v) is 3.73. The van der Waals surface area contributed by atoms with E-state index in [1.54, 1.807) is 13.4 Å². The average Bonchev–Trinajstić information content (AvgIpc) is 2.95. The summed E-state index contributed by atoms with van der Waals surface area (Å²) in [5.74, 6) is 0.677. The van der Waals surface area contributed by atoms with Gasteiger partial charge in [-0.3, -0.25) is 4.79 Å². The van der Waals surface area contributed by atoms with Crippen LogP contribution in [0.4, 0.5) is 5.69 Å². The molecule has 1 amide bonds. The highest BCUT2D eigenvalue weighted by Gasteiger charge is 2.26. The minimum atomic E-state index is -0.0317. The molecule has 0 saturated carbocycles. The van der Waals surface area contributed by atoms with Crippen molar-refractivity contribution in [2.45, 2.75) is 19.3 Å². The number of benzene rings is 1. The summed E-state index contributed by atoms with van der Waals surface area (Å²) in [6, 6.07) is 7.44. The summed E-state index contributed by atoms with van der Waals surface area (Å²) in [6.45, 7) is 0. The first-order valence-electron chi connectivity index (χ1n) is 6.73. The summed E-state index contributed by atoms with van der Waals surface area (Å²) in [5, 5.41) is 2.95. The van der Waals surface area contributed by atoms with Crippen LogP contribution in [-0.4, -0.2) is 23.0 Å². The van der Waals surface area contributed by atoms with E-state index in [0.29, 0.717) is 17.9 Å². The maximum Gasteiger partial charge on any atom is 0.227 e. The largest absolute Gasteiger partial charge is 0.495 e. The lowest BCUT2D eigenvalue weighted by molar-refractivity contribution is -0.120. The molecule has 2 aromatic rings. The summed E-state index contributed by atoms with van der Waals surface area (Å²) in [5.41, 5.74) is 2.88. The molecule has 1 heterocycles. The molecule has 1 unspecified atom stereocenters. The van der Waals surface area contributed by atoms with E-state index in [9.17, 15) is 4.79 Å². The topological polar surface area (TPSA) is 67.0 Å². The molecule has 0 saturated heterocycles.